The molecule has 1 aliphatic carbocycles. The van der Waals surface area contributed by atoms with Gasteiger partial charge in [0.25, 0.3) is 0 Å². The number of aliphatic hydroxyl groups excluding tert-OH is 1. The lowest BCUT2D eigenvalue weighted by Crippen LogP contribution is -2.38. The average molecular weight is 307 g/mol. The van der Waals surface area contributed by atoms with Crippen LogP contribution >= 0.6 is 0 Å². The van der Waals surface area contributed by atoms with E-state index in [0.717, 1.165) is 24.8 Å². The Hall–Kier alpha value is -1.42. The topological polar surface area (TPSA) is 49.3 Å². The molecule has 1 aromatic rings. The number of amides is 1. The third-order valence-corrected chi connectivity index (χ3v) is 4.47. The Morgan fingerprint density at radius 1 is 1.32 bits per heavy atom. The number of hydrogen-bond acceptors (Lipinski definition) is 2. The minimum atomic E-state index is -0.463. The van der Waals surface area contributed by atoms with Crippen LogP contribution in [0.4, 0.5) is 4.39 Å². The van der Waals surface area contributed by atoms with Gasteiger partial charge < -0.3 is 10.4 Å². The second-order valence-electron chi connectivity index (χ2n) is 6.81. The van der Waals surface area contributed by atoms with Crippen LogP contribution in [0.5, 0.6) is 0 Å². The predicted molar refractivity (Wildman–Crippen MR) is 85.0 cm³/mol. The molecule has 0 spiro atoms. The first-order valence-corrected chi connectivity index (χ1v) is 8.13. The number of carbonyl (C=O) groups is 1. The number of rotatable bonds is 8. The zero-order chi connectivity index (χ0) is 16.2. The SMILES string of the molecule is CC(C)CC(CCO)CNC(=O)C1(c2ccc(F)cc2)CC1. The van der Waals surface area contributed by atoms with Crippen LogP contribution in [0.15, 0.2) is 24.3 Å². The molecule has 1 saturated carbocycles. The van der Waals surface area contributed by atoms with Gasteiger partial charge in [-0.2, -0.15) is 0 Å². The van der Waals surface area contributed by atoms with Gasteiger partial charge in [-0.3, -0.25) is 4.79 Å². The summed E-state index contributed by atoms with van der Waals surface area (Å²) in [5.74, 6) is 0.601. The molecule has 122 valence electrons. The van der Waals surface area contributed by atoms with Gasteiger partial charge in [-0.05, 0) is 55.2 Å². The van der Waals surface area contributed by atoms with E-state index in [0.29, 0.717) is 24.8 Å². The number of nitrogens with one attached hydrogen (secondary N) is 1. The van der Waals surface area contributed by atoms with E-state index in [9.17, 15) is 9.18 Å². The lowest BCUT2D eigenvalue weighted by molar-refractivity contribution is -0.123. The van der Waals surface area contributed by atoms with Gasteiger partial charge in [0.2, 0.25) is 5.91 Å². The van der Waals surface area contributed by atoms with Gasteiger partial charge in [-0.25, -0.2) is 4.39 Å². The Balaban J connectivity index is 1.95. The van der Waals surface area contributed by atoms with Crippen molar-refractivity contribution >= 4 is 5.91 Å². The smallest absolute Gasteiger partial charge is 0.230 e. The molecular formula is C18H26FNO2. The Labute approximate surface area is 131 Å². The van der Waals surface area contributed by atoms with Gasteiger partial charge >= 0.3 is 0 Å². The molecule has 0 aromatic heterocycles. The Morgan fingerprint density at radius 2 is 1.95 bits per heavy atom. The fraction of sp³-hybridized carbons (Fsp3) is 0.611. The van der Waals surface area contributed by atoms with Crippen LogP contribution in [0.3, 0.4) is 0 Å². The molecule has 0 radical (unpaired) electrons. The zero-order valence-corrected chi connectivity index (χ0v) is 13.4. The van der Waals surface area contributed by atoms with E-state index in [4.69, 9.17) is 5.11 Å². The number of halogens is 1. The van der Waals surface area contributed by atoms with Crippen molar-refractivity contribution in [3.8, 4) is 0 Å². The molecule has 1 fully saturated rings. The molecule has 2 N–H and O–H groups in total. The molecule has 1 aliphatic rings. The molecule has 1 amide bonds. The number of hydrogen-bond donors (Lipinski definition) is 2. The van der Waals surface area contributed by atoms with Crippen molar-refractivity contribution in [3.05, 3.63) is 35.6 Å². The van der Waals surface area contributed by atoms with E-state index >= 15 is 0 Å². The zero-order valence-electron chi connectivity index (χ0n) is 13.4. The van der Waals surface area contributed by atoms with Crippen molar-refractivity contribution in [1.82, 2.24) is 5.32 Å². The van der Waals surface area contributed by atoms with Crippen LogP contribution in [-0.4, -0.2) is 24.2 Å². The summed E-state index contributed by atoms with van der Waals surface area (Å²) in [6.07, 6.45) is 3.34. The van der Waals surface area contributed by atoms with E-state index in [1.807, 2.05) is 0 Å². The normalized spacial score (nSPS) is 17.3. The first kappa shape index (κ1) is 16.9. The molecular weight excluding hydrogens is 281 g/mol. The van der Waals surface area contributed by atoms with Crippen molar-refractivity contribution in [2.24, 2.45) is 11.8 Å². The van der Waals surface area contributed by atoms with E-state index in [1.54, 1.807) is 12.1 Å². The Morgan fingerprint density at radius 3 is 2.45 bits per heavy atom. The minimum absolute atomic E-state index is 0.0332. The summed E-state index contributed by atoms with van der Waals surface area (Å²) in [5, 5.41) is 12.2. The van der Waals surface area contributed by atoms with Crippen molar-refractivity contribution in [3.63, 3.8) is 0 Å². The molecule has 0 bridgehead atoms. The summed E-state index contributed by atoms with van der Waals surface area (Å²) >= 11 is 0. The number of aliphatic hydroxyl groups is 1. The molecule has 0 heterocycles. The van der Waals surface area contributed by atoms with Crippen LogP contribution in [0.1, 0.15) is 45.1 Å². The molecule has 2 rings (SSSR count). The summed E-state index contributed by atoms with van der Waals surface area (Å²) in [7, 11) is 0. The van der Waals surface area contributed by atoms with Gasteiger partial charge in [0.15, 0.2) is 0 Å². The van der Waals surface area contributed by atoms with E-state index < -0.39 is 5.41 Å². The second-order valence-corrected chi connectivity index (χ2v) is 6.81. The lowest BCUT2D eigenvalue weighted by Gasteiger charge is -2.21. The number of carbonyl (C=O) groups excluding carboxylic acids is 1. The van der Waals surface area contributed by atoms with E-state index in [2.05, 4.69) is 19.2 Å². The maximum Gasteiger partial charge on any atom is 0.230 e. The first-order chi connectivity index (χ1) is 10.5. The van der Waals surface area contributed by atoms with Gasteiger partial charge in [0.1, 0.15) is 5.82 Å². The van der Waals surface area contributed by atoms with Crippen molar-refractivity contribution in [2.45, 2.75) is 44.9 Å². The third-order valence-electron chi connectivity index (χ3n) is 4.47. The van der Waals surface area contributed by atoms with Crippen molar-refractivity contribution in [1.29, 1.82) is 0 Å². The predicted octanol–water partition coefficient (Wildman–Crippen LogP) is 3.02. The Kier molecular flexibility index (Phi) is 5.57. The third kappa shape index (κ3) is 4.07. The largest absolute Gasteiger partial charge is 0.396 e. The van der Waals surface area contributed by atoms with Crippen LogP contribution in [-0.2, 0) is 10.2 Å². The second kappa shape index (κ2) is 7.23. The Bertz CT molecular complexity index is 494. The van der Waals surface area contributed by atoms with Gasteiger partial charge in [-0.1, -0.05) is 26.0 Å². The van der Waals surface area contributed by atoms with Crippen molar-refractivity contribution in [2.75, 3.05) is 13.2 Å². The average Bonchev–Trinajstić information content (AvgIpc) is 3.26. The number of benzene rings is 1. The van der Waals surface area contributed by atoms with Gasteiger partial charge in [-0.15, -0.1) is 0 Å². The fourth-order valence-corrected chi connectivity index (χ4v) is 3.10. The van der Waals surface area contributed by atoms with Crippen LogP contribution < -0.4 is 5.32 Å². The molecule has 0 aliphatic heterocycles. The van der Waals surface area contributed by atoms with Crippen LogP contribution in [0, 0.1) is 17.7 Å². The fourth-order valence-electron chi connectivity index (χ4n) is 3.10. The monoisotopic (exact) mass is 307 g/mol. The summed E-state index contributed by atoms with van der Waals surface area (Å²) in [5.41, 5.74) is 0.434. The van der Waals surface area contributed by atoms with Gasteiger partial charge in [0, 0.05) is 13.2 Å². The maximum atomic E-state index is 13.0. The van der Waals surface area contributed by atoms with Crippen LogP contribution in [0.25, 0.3) is 0 Å². The van der Waals surface area contributed by atoms with E-state index in [-0.39, 0.29) is 18.3 Å². The molecule has 4 heteroatoms. The molecule has 22 heavy (non-hydrogen) atoms. The van der Waals surface area contributed by atoms with Gasteiger partial charge in [0.05, 0.1) is 5.41 Å². The summed E-state index contributed by atoms with van der Waals surface area (Å²) < 4.78 is 13.0. The highest BCUT2D eigenvalue weighted by atomic mass is 19.1. The highest BCUT2D eigenvalue weighted by molar-refractivity contribution is 5.91. The minimum Gasteiger partial charge on any atom is -0.396 e. The molecule has 1 unspecified atom stereocenters. The maximum absolute atomic E-state index is 13.0. The molecule has 1 aromatic carbocycles. The molecule has 0 saturated heterocycles. The summed E-state index contributed by atoms with van der Waals surface area (Å²) in [4.78, 5) is 12.5. The lowest BCUT2D eigenvalue weighted by atomic mass is 9.92. The molecule has 3 nitrogen and oxygen atoms in total. The first-order valence-electron chi connectivity index (χ1n) is 8.13. The quantitative estimate of drug-likeness (QED) is 0.775. The summed E-state index contributed by atoms with van der Waals surface area (Å²) in [6.45, 7) is 5.04. The van der Waals surface area contributed by atoms with E-state index in [1.165, 1.54) is 12.1 Å². The summed E-state index contributed by atoms with van der Waals surface area (Å²) in [6, 6.07) is 6.24. The van der Waals surface area contributed by atoms with Crippen LogP contribution in [0.2, 0.25) is 0 Å². The molecule has 1 atom stereocenters. The highest BCUT2D eigenvalue weighted by Gasteiger charge is 2.51. The highest BCUT2D eigenvalue weighted by Crippen LogP contribution is 2.48. The van der Waals surface area contributed by atoms with Crippen molar-refractivity contribution < 1.29 is 14.3 Å². The standard InChI is InChI=1S/C18H26FNO2/c1-13(2)11-14(7-10-21)12-20-17(22)18(8-9-18)15-3-5-16(19)6-4-15/h3-6,13-14,21H,7-12H2,1-2H3,(H,20,22).